The van der Waals surface area contributed by atoms with Crippen molar-refractivity contribution in [1.82, 2.24) is 15.6 Å². The van der Waals surface area contributed by atoms with Crippen LogP contribution in [0.2, 0.25) is 0 Å². The van der Waals surface area contributed by atoms with Crippen molar-refractivity contribution in [2.75, 3.05) is 6.54 Å². The molecule has 2 aromatic rings. The smallest absolute Gasteiger partial charge is 0.238 e. The number of sulfonamides is 1. The highest BCUT2D eigenvalue weighted by Crippen LogP contribution is 2.16. The molecule has 0 fully saturated rings. The van der Waals surface area contributed by atoms with Crippen LogP contribution in [0.1, 0.15) is 28.1 Å². The Kier molecular flexibility index (Phi) is 8.93. The zero-order valence-electron chi connectivity index (χ0n) is 14.9. The lowest BCUT2D eigenvalue weighted by atomic mass is 10.2. The second-order valence-corrected chi connectivity index (χ2v) is 8.33. The highest BCUT2D eigenvalue weighted by Gasteiger charge is 2.08. The minimum atomic E-state index is -3.71. The van der Waals surface area contributed by atoms with Gasteiger partial charge in [-0.2, -0.15) is 0 Å². The molecular weight excluding hydrogens is 485 g/mol. The van der Waals surface area contributed by atoms with Crippen molar-refractivity contribution >= 4 is 51.3 Å². The van der Waals surface area contributed by atoms with E-state index in [9.17, 15) is 8.42 Å². The van der Waals surface area contributed by atoms with Gasteiger partial charge in [-0.05, 0) is 38.5 Å². The number of halogens is 1. The molecule has 0 aliphatic heterocycles. The number of guanidine groups is 1. The van der Waals surface area contributed by atoms with Crippen LogP contribution in [0, 0.1) is 13.8 Å². The van der Waals surface area contributed by atoms with E-state index in [2.05, 4.69) is 20.6 Å². The molecule has 4 N–H and O–H groups in total. The Bertz CT molecular complexity index is 865. The Balaban J connectivity index is 0.00000338. The third-order valence-corrected chi connectivity index (χ3v) is 5.39. The molecule has 26 heavy (non-hydrogen) atoms. The molecule has 0 saturated heterocycles. The topological polar surface area (TPSA) is 109 Å². The molecule has 7 nitrogen and oxygen atoms in total. The summed E-state index contributed by atoms with van der Waals surface area (Å²) in [6.45, 7) is 7.67. The van der Waals surface area contributed by atoms with Gasteiger partial charge in [0.25, 0.3) is 0 Å². The van der Waals surface area contributed by atoms with Gasteiger partial charge in [0.05, 0.1) is 28.7 Å². The molecular formula is C16H24IN5O2S2. The first-order valence-electron chi connectivity index (χ1n) is 7.86. The summed E-state index contributed by atoms with van der Waals surface area (Å²) in [5.41, 5.74) is 1.79. The molecule has 0 bridgehead atoms. The lowest BCUT2D eigenvalue weighted by Gasteiger charge is -2.11. The van der Waals surface area contributed by atoms with Gasteiger partial charge in [0.15, 0.2) is 5.96 Å². The maximum atomic E-state index is 11.4. The van der Waals surface area contributed by atoms with Crippen LogP contribution in [0.15, 0.2) is 34.2 Å². The lowest BCUT2D eigenvalue weighted by Crippen LogP contribution is -2.36. The van der Waals surface area contributed by atoms with Crippen LogP contribution in [0.3, 0.4) is 0 Å². The maximum Gasteiger partial charge on any atom is 0.238 e. The van der Waals surface area contributed by atoms with Crippen molar-refractivity contribution in [2.24, 2.45) is 10.1 Å². The number of nitrogens with one attached hydrogen (secondary N) is 2. The summed E-state index contributed by atoms with van der Waals surface area (Å²) in [5, 5.41) is 12.6. The molecule has 1 heterocycles. The predicted octanol–water partition coefficient (Wildman–Crippen LogP) is 2.28. The molecule has 1 aromatic carbocycles. The average molecular weight is 509 g/mol. The van der Waals surface area contributed by atoms with E-state index >= 15 is 0 Å². The highest BCUT2D eigenvalue weighted by molar-refractivity contribution is 14.0. The maximum absolute atomic E-state index is 11.4. The van der Waals surface area contributed by atoms with Gasteiger partial charge < -0.3 is 10.6 Å². The van der Waals surface area contributed by atoms with E-state index in [1.807, 2.05) is 26.8 Å². The second-order valence-electron chi connectivity index (χ2n) is 5.48. The first-order chi connectivity index (χ1) is 11.8. The summed E-state index contributed by atoms with van der Waals surface area (Å²) < 4.78 is 22.9. The molecule has 0 atom stereocenters. The van der Waals surface area contributed by atoms with Crippen molar-refractivity contribution in [3.05, 3.63) is 45.4 Å². The SMILES string of the molecule is CCNC(=NCc1cccc(S(N)(=O)=O)c1)NCc1sc(C)nc1C.I. The van der Waals surface area contributed by atoms with Gasteiger partial charge in [0.2, 0.25) is 10.0 Å². The van der Waals surface area contributed by atoms with E-state index in [1.165, 1.54) is 10.9 Å². The number of aryl methyl sites for hydroxylation is 2. The van der Waals surface area contributed by atoms with Gasteiger partial charge in [-0.15, -0.1) is 35.3 Å². The van der Waals surface area contributed by atoms with Crippen LogP contribution in [0.4, 0.5) is 0 Å². The predicted molar refractivity (Wildman–Crippen MR) is 116 cm³/mol. The molecule has 0 amide bonds. The van der Waals surface area contributed by atoms with Gasteiger partial charge in [-0.25, -0.2) is 23.5 Å². The third-order valence-electron chi connectivity index (χ3n) is 3.41. The Morgan fingerprint density at radius 1 is 1.31 bits per heavy atom. The van der Waals surface area contributed by atoms with Crippen LogP contribution in [0.5, 0.6) is 0 Å². The number of nitrogens with zero attached hydrogens (tertiary/aromatic N) is 2. The standard InChI is InChI=1S/C16H23N5O2S2.HI/c1-4-18-16(20-10-15-11(2)21-12(3)24-15)19-9-13-6-5-7-14(8-13)25(17,22)23;/h5-8H,4,9-10H2,1-3H3,(H2,17,22,23)(H2,18,19,20);1H. The number of aromatic nitrogens is 1. The zero-order chi connectivity index (χ0) is 18.4. The van der Waals surface area contributed by atoms with Crippen molar-refractivity contribution < 1.29 is 8.42 Å². The Labute approximate surface area is 175 Å². The lowest BCUT2D eigenvalue weighted by molar-refractivity contribution is 0.597. The summed E-state index contributed by atoms with van der Waals surface area (Å²) >= 11 is 1.66. The second kappa shape index (κ2) is 10.2. The molecule has 10 heteroatoms. The number of aliphatic imine (C=N–C) groups is 1. The van der Waals surface area contributed by atoms with E-state index in [1.54, 1.807) is 23.5 Å². The monoisotopic (exact) mass is 509 g/mol. The Morgan fingerprint density at radius 3 is 2.62 bits per heavy atom. The number of benzene rings is 1. The minimum Gasteiger partial charge on any atom is -0.357 e. The first-order valence-corrected chi connectivity index (χ1v) is 10.2. The number of primary sulfonamides is 1. The van der Waals surface area contributed by atoms with Crippen LogP contribution in [-0.4, -0.2) is 25.9 Å². The van der Waals surface area contributed by atoms with E-state index in [0.29, 0.717) is 19.0 Å². The van der Waals surface area contributed by atoms with E-state index < -0.39 is 10.0 Å². The summed E-state index contributed by atoms with van der Waals surface area (Å²) in [4.78, 5) is 10.2. The van der Waals surface area contributed by atoms with Gasteiger partial charge in [0.1, 0.15) is 0 Å². The summed E-state index contributed by atoms with van der Waals surface area (Å²) in [5.74, 6) is 0.661. The third kappa shape index (κ3) is 6.82. The molecule has 1 aromatic heterocycles. The van der Waals surface area contributed by atoms with Crippen LogP contribution in [-0.2, 0) is 23.1 Å². The average Bonchev–Trinajstić information content (AvgIpc) is 2.87. The summed E-state index contributed by atoms with van der Waals surface area (Å²) in [6, 6.07) is 6.49. The fraction of sp³-hybridized carbons (Fsp3) is 0.375. The fourth-order valence-corrected chi connectivity index (χ4v) is 3.70. The largest absolute Gasteiger partial charge is 0.357 e. The van der Waals surface area contributed by atoms with Crippen molar-refractivity contribution in [3.63, 3.8) is 0 Å². The number of hydrogen-bond donors (Lipinski definition) is 3. The van der Waals surface area contributed by atoms with Gasteiger partial charge in [0, 0.05) is 11.4 Å². The minimum absolute atomic E-state index is 0. The summed E-state index contributed by atoms with van der Waals surface area (Å²) in [6.07, 6.45) is 0. The Morgan fingerprint density at radius 2 is 2.04 bits per heavy atom. The van der Waals surface area contributed by atoms with Crippen LogP contribution in [0.25, 0.3) is 0 Å². The number of rotatable bonds is 6. The van der Waals surface area contributed by atoms with Gasteiger partial charge >= 0.3 is 0 Å². The normalized spacial score (nSPS) is 11.8. The molecule has 0 unspecified atom stereocenters. The molecule has 0 aliphatic rings. The van der Waals surface area contributed by atoms with Crippen molar-refractivity contribution in [3.8, 4) is 0 Å². The molecule has 0 radical (unpaired) electrons. The Hall–Kier alpha value is -1.24. The van der Waals surface area contributed by atoms with E-state index in [0.717, 1.165) is 22.8 Å². The molecule has 0 aliphatic carbocycles. The molecule has 0 spiro atoms. The van der Waals surface area contributed by atoms with Crippen LogP contribution < -0.4 is 15.8 Å². The molecule has 0 saturated carbocycles. The molecule has 2 rings (SSSR count). The van der Waals surface area contributed by atoms with Gasteiger partial charge in [-0.1, -0.05) is 12.1 Å². The highest BCUT2D eigenvalue weighted by atomic mass is 127. The number of thiazole rings is 1. The van der Waals surface area contributed by atoms with Gasteiger partial charge in [-0.3, -0.25) is 0 Å². The van der Waals surface area contributed by atoms with Crippen molar-refractivity contribution in [1.29, 1.82) is 0 Å². The molecule has 144 valence electrons. The quantitative estimate of drug-likeness (QED) is 0.315. The van der Waals surface area contributed by atoms with E-state index in [4.69, 9.17) is 5.14 Å². The van der Waals surface area contributed by atoms with Crippen LogP contribution >= 0.6 is 35.3 Å². The van der Waals surface area contributed by atoms with Crippen molar-refractivity contribution in [2.45, 2.75) is 38.8 Å². The summed E-state index contributed by atoms with van der Waals surface area (Å²) in [7, 11) is -3.71. The fourth-order valence-electron chi connectivity index (χ4n) is 2.23. The zero-order valence-corrected chi connectivity index (χ0v) is 18.9. The first kappa shape index (κ1) is 22.8. The number of hydrogen-bond acceptors (Lipinski definition) is 5. The van der Waals surface area contributed by atoms with E-state index in [-0.39, 0.29) is 28.9 Å². The number of nitrogens with two attached hydrogens (primary N) is 1.